The molecule has 0 aliphatic rings. The van der Waals surface area contributed by atoms with Gasteiger partial charge in [0.2, 0.25) is 0 Å². The van der Waals surface area contributed by atoms with E-state index in [9.17, 15) is 13.2 Å². The minimum atomic E-state index is -3.70. The van der Waals surface area contributed by atoms with Crippen LogP contribution in [0.4, 0.5) is 5.69 Å². The summed E-state index contributed by atoms with van der Waals surface area (Å²) in [6.07, 6.45) is 1.52. The molecule has 0 aromatic heterocycles. The van der Waals surface area contributed by atoms with Gasteiger partial charge in [-0.2, -0.15) is 5.10 Å². The minimum absolute atomic E-state index is 0.169. The molecule has 0 spiro atoms. The standard InChI is InChI=1S/C22H21N3O4S/c1-16-3-13-21(14-4-16)30(27,28)25-19-9-7-18(8-10-19)22(26)24-23-15-17-5-11-20(29-2)12-6-17/h3-15,25H,1-2H3,(H,24,26). The molecule has 3 aromatic rings. The largest absolute Gasteiger partial charge is 0.497 e. The Labute approximate surface area is 175 Å². The van der Waals surface area contributed by atoms with Crippen LogP contribution in [0.3, 0.4) is 0 Å². The zero-order chi connectivity index (χ0) is 21.6. The zero-order valence-corrected chi connectivity index (χ0v) is 17.3. The van der Waals surface area contributed by atoms with Crippen molar-refractivity contribution < 1.29 is 17.9 Å². The molecule has 8 heteroatoms. The third-order valence-corrected chi connectivity index (χ3v) is 5.62. The summed E-state index contributed by atoms with van der Waals surface area (Å²) in [5, 5.41) is 3.93. The minimum Gasteiger partial charge on any atom is -0.497 e. The van der Waals surface area contributed by atoms with Crippen molar-refractivity contribution >= 4 is 27.8 Å². The Kier molecular flexibility index (Phi) is 6.48. The molecule has 0 saturated heterocycles. The lowest BCUT2D eigenvalue weighted by Gasteiger charge is -2.09. The van der Waals surface area contributed by atoms with E-state index < -0.39 is 15.9 Å². The summed E-state index contributed by atoms with van der Waals surface area (Å²) in [7, 11) is -2.11. The second-order valence-electron chi connectivity index (χ2n) is 6.47. The first-order valence-electron chi connectivity index (χ1n) is 9.04. The number of hydrogen-bond donors (Lipinski definition) is 2. The van der Waals surface area contributed by atoms with E-state index >= 15 is 0 Å². The van der Waals surface area contributed by atoms with Gasteiger partial charge in [0.25, 0.3) is 15.9 Å². The lowest BCUT2D eigenvalue weighted by molar-refractivity contribution is 0.0955. The van der Waals surface area contributed by atoms with Crippen LogP contribution in [0, 0.1) is 6.92 Å². The van der Waals surface area contributed by atoms with E-state index in [2.05, 4.69) is 15.2 Å². The fraction of sp³-hybridized carbons (Fsp3) is 0.0909. The Morgan fingerprint density at radius 1 is 0.933 bits per heavy atom. The van der Waals surface area contributed by atoms with Crippen LogP contribution in [0.1, 0.15) is 21.5 Å². The summed E-state index contributed by atoms with van der Waals surface area (Å²) >= 11 is 0. The second kappa shape index (κ2) is 9.23. The maximum atomic E-state index is 12.4. The van der Waals surface area contributed by atoms with Crippen molar-refractivity contribution in [3.05, 3.63) is 89.5 Å². The average molecular weight is 423 g/mol. The summed E-state index contributed by atoms with van der Waals surface area (Å²) in [6, 6.07) is 19.8. The molecular weight excluding hydrogens is 402 g/mol. The number of ether oxygens (including phenoxy) is 1. The molecule has 1 amide bonds. The van der Waals surface area contributed by atoms with Crippen LogP contribution in [0.15, 0.2) is 82.8 Å². The van der Waals surface area contributed by atoms with Crippen molar-refractivity contribution in [2.45, 2.75) is 11.8 Å². The fourth-order valence-corrected chi connectivity index (χ4v) is 3.60. The van der Waals surface area contributed by atoms with E-state index in [1.54, 1.807) is 43.5 Å². The number of carbonyl (C=O) groups is 1. The first kappa shape index (κ1) is 21.1. The third kappa shape index (κ3) is 5.45. The molecule has 0 heterocycles. The lowest BCUT2D eigenvalue weighted by Crippen LogP contribution is -2.18. The van der Waals surface area contributed by atoms with Crippen LogP contribution in [0.5, 0.6) is 5.75 Å². The molecule has 0 fully saturated rings. The van der Waals surface area contributed by atoms with Gasteiger partial charge in [-0.25, -0.2) is 13.8 Å². The molecule has 0 radical (unpaired) electrons. The van der Waals surface area contributed by atoms with Crippen LogP contribution in [-0.2, 0) is 10.0 Å². The van der Waals surface area contributed by atoms with Crippen LogP contribution in [0.25, 0.3) is 0 Å². The number of methoxy groups -OCH3 is 1. The molecule has 30 heavy (non-hydrogen) atoms. The molecular formula is C22H21N3O4S. The molecule has 0 atom stereocenters. The van der Waals surface area contributed by atoms with E-state index in [0.717, 1.165) is 16.9 Å². The van der Waals surface area contributed by atoms with Crippen molar-refractivity contribution in [2.75, 3.05) is 11.8 Å². The predicted molar refractivity (Wildman–Crippen MR) is 116 cm³/mol. The molecule has 0 unspecified atom stereocenters. The molecule has 7 nitrogen and oxygen atoms in total. The number of carbonyl (C=O) groups excluding carboxylic acids is 1. The third-order valence-electron chi connectivity index (χ3n) is 4.23. The number of sulfonamides is 1. The summed E-state index contributed by atoms with van der Waals surface area (Å²) in [6.45, 7) is 1.88. The van der Waals surface area contributed by atoms with Gasteiger partial charge in [-0.3, -0.25) is 9.52 Å². The quantitative estimate of drug-likeness (QED) is 0.448. The zero-order valence-electron chi connectivity index (χ0n) is 16.5. The number of aryl methyl sites for hydroxylation is 1. The van der Waals surface area contributed by atoms with E-state index in [1.165, 1.54) is 30.5 Å². The maximum Gasteiger partial charge on any atom is 0.271 e. The first-order chi connectivity index (χ1) is 14.4. The molecule has 0 aliphatic heterocycles. The monoisotopic (exact) mass is 423 g/mol. The van der Waals surface area contributed by atoms with Gasteiger partial charge >= 0.3 is 0 Å². The number of benzene rings is 3. The molecule has 2 N–H and O–H groups in total. The molecule has 0 saturated carbocycles. The number of amides is 1. The van der Waals surface area contributed by atoms with Crippen LogP contribution in [0.2, 0.25) is 0 Å². The van der Waals surface area contributed by atoms with Crippen molar-refractivity contribution in [1.82, 2.24) is 5.43 Å². The molecule has 3 aromatic carbocycles. The van der Waals surface area contributed by atoms with Gasteiger partial charge in [0.15, 0.2) is 0 Å². The SMILES string of the molecule is COc1ccc(C=NNC(=O)c2ccc(NS(=O)(=O)c3ccc(C)cc3)cc2)cc1. The van der Waals surface area contributed by atoms with Gasteiger partial charge < -0.3 is 4.74 Å². The van der Waals surface area contributed by atoms with Crippen molar-refractivity contribution in [1.29, 1.82) is 0 Å². The number of hydrogen-bond acceptors (Lipinski definition) is 5. The first-order valence-corrected chi connectivity index (χ1v) is 10.5. The number of hydrazone groups is 1. The van der Waals surface area contributed by atoms with Crippen LogP contribution >= 0.6 is 0 Å². The van der Waals surface area contributed by atoms with Gasteiger partial charge in [0.1, 0.15) is 5.75 Å². The Morgan fingerprint density at radius 2 is 1.57 bits per heavy atom. The average Bonchev–Trinajstić information content (AvgIpc) is 2.74. The highest BCUT2D eigenvalue weighted by Crippen LogP contribution is 2.17. The Hall–Kier alpha value is -3.65. The highest BCUT2D eigenvalue weighted by molar-refractivity contribution is 7.92. The van der Waals surface area contributed by atoms with E-state index in [-0.39, 0.29) is 4.90 Å². The Bertz CT molecular complexity index is 1140. The summed E-state index contributed by atoms with van der Waals surface area (Å²) in [5.74, 6) is 0.321. The van der Waals surface area contributed by atoms with Crippen LogP contribution < -0.4 is 14.9 Å². The van der Waals surface area contributed by atoms with Gasteiger partial charge in [0, 0.05) is 11.3 Å². The second-order valence-corrected chi connectivity index (χ2v) is 8.15. The van der Waals surface area contributed by atoms with E-state index in [0.29, 0.717) is 11.3 Å². The normalized spacial score (nSPS) is 11.3. The molecule has 154 valence electrons. The Balaban J connectivity index is 1.61. The van der Waals surface area contributed by atoms with Crippen molar-refractivity contribution in [3.63, 3.8) is 0 Å². The predicted octanol–water partition coefficient (Wildman–Crippen LogP) is 3.57. The highest BCUT2D eigenvalue weighted by Gasteiger charge is 2.14. The number of anilines is 1. The van der Waals surface area contributed by atoms with Gasteiger partial charge in [0.05, 0.1) is 18.2 Å². The van der Waals surface area contributed by atoms with Crippen molar-refractivity contribution in [3.8, 4) is 5.75 Å². The van der Waals surface area contributed by atoms with Crippen molar-refractivity contribution in [2.24, 2.45) is 5.10 Å². The summed E-state index contributed by atoms with van der Waals surface area (Å²) < 4.78 is 32.4. The highest BCUT2D eigenvalue weighted by atomic mass is 32.2. The maximum absolute atomic E-state index is 12.4. The topological polar surface area (TPSA) is 96.9 Å². The lowest BCUT2D eigenvalue weighted by atomic mass is 10.2. The van der Waals surface area contributed by atoms with E-state index in [4.69, 9.17) is 4.74 Å². The summed E-state index contributed by atoms with van der Waals surface area (Å²) in [4.78, 5) is 12.4. The number of rotatable bonds is 7. The summed E-state index contributed by atoms with van der Waals surface area (Å²) in [5.41, 5.74) is 4.91. The molecule has 0 aliphatic carbocycles. The molecule has 0 bridgehead atoms. The van der Waals surface area contributed by atoms with Gasteiger partial charge in [-0.05, 0) is 73.2 Å². The van der Waals surface area contributed by atoms with Crippen LogP contribution in [-0.4, -0.2) is 27.6 Å². The van der Waals surface area contributed by atoms with Gasteiger partial charge in [-0.15, -0.1) is 0 Å². The van der Waals surface area contributed by atoms with Gasteiger partial charge in [-0.1, -0.05) is 17.7 Å². The number of nitrogens with zero attached hydrogens (tertiary/aromatic N) is 1. The smallest absolute Gasteiger partial charge is 0.271 e. The molecule has 3 rings (SSSR count). The number of nitrogens with one attached hydrogen (secondary N) is 2. The Morgan fingerprint density at radius 3 is 2.17 bits per heavy atom. The fourth-order valence-electron chi connectivity index (χ4n) is 2.54. The van der Waals surface area contributed by atoms with E-state index in [1.807, 2.05) is 19.1 Å².